The Balaban J connectivity index is 2.88. The van der Waals surface area contributed by atoms with Crippen LogP contribution in [0.1, 0.15) is 5.56 Å². The van der Waals surface area contributed by atoms with Gasteiger partial charge in [-0.15, -0.1) is 0 Å². The molecule has 2 rings (SSSR count). The van der Waals surface area contributed by atoms with Gasteiger partial charge in [0.05, 0.1) is 0 Å². The van der Waals surface area contributed by atoms with Crippen LogP contribution in [0.3, 0.4) is 0 Å². The van der Waals surface area contributed by atoms with E-state index in [-0.39, 0.29) is 5.56 Å². The minimum atomic E-state index is -0.0248. The Morgan fingerprint density at radius 1 is 1.47 bits per heavy atom. The number of rotatable bonds is 1. The fraction of sp³-hybridized carbons (Fsp3) is 0.300. The molecule has 0 aliphatic heterocycles. The normalized spacial score (nSPS) is 10.6. The van der Waals surface area contributed by atoms with Gasteiger partial charge in [-0.25, -0.2) is 4.98 Å². The predicted molar refractivity (Wildman–Crippen MR) is 59.1 cm³/mol. The molecule has 5 heteroatoms. The Morgan fingerprint density at radius 2 is 2.20 bits per heavy atom. The Bertz CT molecular complexity index is 573. The van der Waals surface area contributed by atoms with Gasteiger partial charge in [-0.2, -0.15) is 4.98 Å². The third-order valence-electron chi connectivity index (χ3n) is 2.35. The molecule has 0 amide bonds. The van der Waals surface area contributed by atoms with Gasteiger partial charge in [-0.3, -0.25) is 9.36 Å². The number of fused-ring (bicyclic) bond motifs is 1. The SMILES string of the molecule is CNc1ncc2cc(C)c(=O)n(C)c2n1. The highest BCUT2D eigenvalue weighted by Gasteiger charge is 2.05. The molecule has 2 aromatic heterocycles. The molecule has 1 N–H and O–H groups in total. The summed E-state index contributed by atoms with van der Waals surface area (Å²) in [5.41, 5.74) is 1.32. The van der Waals surface area contributed by atoms with Crippen LogP contribution in [0, 0.1) is 6.92 Å². The molecule has 0 saturated heterocycles. The lowest BCUT2D eigenvalue weighted by Crippen LogP contribution is -2.20. The van der Waals surface area contributed by atoms with E-state index in [2.05, 4.69) is 15.3 Å². The second-order valence-electron chi connectivity index (χ2n) is 3.41. The molecule has 0 bridgehead atoms. The van der Waals surface area contributed by atoms with Crippen LogP contribution in [0.5, 0.6) is 0 Å². The van der Waals surface area contributed by atoms with E-state index in [4.69, 9.17) is 0 Å². The molecular weight excluding hydrogens is 192 g/mol. The highest BCUT2D eigenvalue weighted by molar-refractivity contribution is 5.75. The third kappa shape index (κ3) is 1.45. The maximum absolute atomic E-state index is 11.7. The van der Waals surface area contributed by atoms with Crippen molar-refractivity contribution in [1.29, 1.82) is 0 Å². The van der Waals surface area contributed by atoms with E-state index in [0.29, 0.717) is 17.2 Å². The Kier molecular flexibility index (Phi) is 2.15. The first-order chi connectivity index (χ1) is 7.13. The summed E-state index contributed by atoms with van der Waals surface area (Å²) in [7, 11) is 3.46. The standard InChI is InChI=1S/C10H12N4O/c1-6-4-7-5-12-10(11-2)13-8(7)14(3)9(6)15/h4-5H,1-3H3,(H,11,12,13). The molecule has 0 aromatic carbocycles. The van der Waals surface area contributed by atoms with Gasteiger partial charge in [0, 0.05) is 31.2 Å². The average molecular weight is 204 g/mol. The van der Waals surface area contributed by atoms with Crippen molar-refractivity contribution >= 4 is 17.0 Å². The number of anilines is 1. The van der Waals surface area contributed by atoms with Gasteiger partial charge in [0.2, 0.25) is 5.95 Å². The van der Waals surface area contributed by atoms with Gasteiger partial charge in [-0.1, -0.05) is 0 Å². The Morgan fingerprint density at radius 3 is 2.87 bits per heavy atom. The molecule has 0 radical (unpaired) electrons. The predicted octanol–water partition coefficient (Wildman–Crippen LogP) is 0.679. The van der Waals surface area contributed by atoms with Gasteiger partial charge in [0.15, 0.2) is 0 Å². The van der Waals surface area contributed by atoms with Crippen molar-refractivity contribution in [3.8, 4) is 0 Å². The van der Waals surface area contributed by atoms with Crippen LogP contribution in [0.2, 0.25) is 0 Å². The van der Waals surface area contributed by atoms with Gasteiger partial charge >= 0.3 is 0 Å². The summed E-state index contributed by atoms with van der Waals surface area (Å²) in [6.45, 7) is 1.79. The van der Waals surface area contributed by atoms with Crippen LogP contribution >= 0.6 is 0 Å². The molecule has 0 spiro atoms. The number of hydrogen-bond donors (Lipinski definition) is 1. The molecule has 2 heterocycles. The molecule has 0 atom stereocenters. The molecule has 0 aliphatic carbocycles. The summed E-state index contributed by atoms with van der Waals surface area (Å²) in [4.78, 5) is 20.0. The van der Waals surface area contributed by atoms with Crippen LogP contribution < -0.4 is 10.9 Å². The summed E-state index contributed by atoms with van der Waals surface area (Å²) in [5.74, 6) is 0.515. The lowest BCUT2D eigenvalue weighted by Gasteiger charge is -2.06. The minimum Gasteiger partial charge on any atom is -0.357 e. The summed E-state index contributed by atoms with van der Waals surface area (Å²) < 4.78 is 1.53. The molecule has 15 heavy (non-hydrogen) atoms. The maximum atomic E-state index is 11.7. The molecule has 78 valence electrons. The van der Waals surface area contributed by atoms with Crippen LogP contribution in [-0.2, 0) is 7.05 Å². The summed E-state index contributed by atoms with van der Waals surface area (Å²) in [5, 5.41) is 3.71. The van der Waals surface area contributed by atoms with E-state index in [1.165, 1.54) is 4.57 Å². The van der Waals surface area contributed by atoms with Crippen molar-refractivity contribution in [3.05, 3.63) is 28.2 Å². The number of aromatic nitrogens is 3. The van der Waals surface area contributed by atoms with Crippen LogP contribution in [0.15, 0.2) is 17.1 Å². The third-order valence-corrected chi connectivity index (χ3v) is 2.35. The Labute approximate surface area is 86.8 Å². The van der Waals surface area contributed by atoms with E-state index < -0.39 is 0 Å². The highest BCUT2D eigenvalue weighted by atomic mass is 16.1. The zero-order chi connectivity index (χ0) is 11.0. The number of nitrogens with one attached hydrogen (secondary N) is 1. The zero-order valence-corrected chi connectivity index (χ0v) is 8.90. The van der Waals surface area contributed by atoms with Crippen molar-refractivity contribution in [1.82, 2.24) is 14.5 Å². The van der Waals surface area contributed by atoms with Gasteiger partial charge in [0.1, 0.15) is 5.65 Å². The van der Waals surface area contributed by atoms with Crippen molar-refractivity contribution < 1.29 is 0 Å². The van der Waals surface area contributed by atoms with E-state index in [0.717, 1.165) is 5.39 Å². The lowest BCUT2D eigenvalue weighted by molar-refractivity contribution is 0.873. The topological polar surface area (TPSA) is 59.8 Å². The summed E-state index contributed by atoms with van der Waals surface area (Å²) in [6, 6.07) is 1.80. The average Bonchev–Trinajstić information content (AvgIpc) is 2.26. The first-order valence-electron chi connectivity index (χ1n) is 4.64. The van der Waals surface area contributed by atoms with Crippen molar-refractivity contribution in [2.75, 3.05) is 12.4 Å². The minimum absolute atomic E-state index is 0.0248. The first-order valence-corrected chi connectivity index (χ1v) is 4.64. The van der Waals surface area contributed by atoms with Crippen LogP contribution in [0.4, 0.5) is 5.95 Å². The van der Waals surface area contributed by atoms with Gasteiger partial charge in [0.25, 0.3) is 5.56 Å². The summed E-state index contributed by atoms with van der Waals surface area (Å²) in [6.07, 6.45) is 1.71. The van der Waals surface area contributed by atoms with Crippen molar-refractivity contribution in [2.24, 2.45) is 7.05 Å². The van der Waals surface area contributed by atoms with E-state index in [9.17, 15) is 4.79 Å². The Hall–Kier alpha value is -1.91. The van der Waals surface area contributed by atoms with Gasteiger partial charge in [-0.05, 0) is 13.0 Å². The summed E-state index contributed by atoms with van der Waals surface area (Å²) >= 11 is 0. The fourth-order valence-electron chi connectivity index (χ4n) is 1.53. The number of hydrogen-bond acceptors (Lipinski definition) is 4. The quantitative estimate of drug-likeness (QED) is 0.742. The smallest absolute Gasteiger partial charge is 0.254 e. The molecule has 0 fully saturated rings. The second-order valence-corrected chi connectivity index (χ2v) is 3.41. The van der Waals surface area contributed by atoms with Gasteiger partial charge < -0.3 is 5.32 Å². The molecule has 0 unspecified atom stereocenters. The monoisotopic (exact) mass is 204 g/mol. The van der Waals surface area contributed by atoms with E-state index >= 15 is 0 Å². The number of nitrogens with zero attached hydrogens (tertiary/aromatic N) is 3. The van der Waals surface area contributed by atoms with E-state index in [1.54, 1.807) is 33.3 Å². The van der Waals surface area contributed by atoms with E-state index in [1.807, 2.05) is 0 Å². The fourth-order valence-corrected chi connectivity index (χ4v) is 1.53. The maximum Gasteiger partial charge on any atom is 0.254 e. The highest BCUT2D eigenvalue weighted by Crippen LogP contribution is 2.10. The largest absolute Gasteiger partial charge is 0.357 e. The zero-order valence-electron chi connectivity index (χ0n) is 8.90. The van der Waals surface area contributed by atoms with Crippen molar-refractivity contribution in [3.63, 3.8) is 0 Å². The first kappa shape index (κ1) is 9.64. The van der Waals surface area contributed by atoms with Crippen molar-refractivity contribution in [2.45, 2.75) is 6.92 Å². The van der Waals surface area contributed by atoms with Crippen LogP contribution in [0.25, 0.3) is 11.0 Å². The second kappa shape index (κ2) is 3.34. The molecule has 2 aromatic rings. The number of pyridine rings is 1. The lowest BCUT2D eigenvalue weighted by atomic mass is 10.2. The molecule has 5 nitrogen and oxygen atoms in total. The number of aryl methyl sites for hydroxylation is 2. The molecular formula is C10H12N4O. The molecule has 0 aliphatic rings. The molecule has 0 saturated carbocycles. The van der Waals surface area contributed by atoms with Crippen LogP contribution in [-0.4, -0.2) is 21.6 Å².